The zero-order valence-electron chi connectivity index (χ0n) is 12.5. The number of likely N-dealkylation sites (N-methyl/N-ethyl adjacent to an activating group) is 2. The summed E-state index contributed by atoms with van der Waals surface area (Å²) in [7, 11) is 1.49. The molecule has 0 atom stereocenters. The van der Waals surface area contributed by atoms with Crippen LogP contribution in [0.1, 0.15) is 34.6 Å². The number of carbonyl (C=O) groups is 3. The van der Waals surface area contributed by atoms with Crippen LogP contribution in [0, 0.1) is 0 Å². The molecule has 0 aliphatic heterocycles. The Morgan fingerprint density at radius 2 is 1.57 bits per heavy atom. The van der Waals surface area contributed by atoms with Gasteiger partial charge in [0.1, 0.15) is 0 Å². The van der Waals surface area contributed by atoms with Crippen molar-refractivity contribution in [1.29, 1.82) is 0 Å². The van der Waals surface area contributed by atoms with Crippen LogP contribution < -0.4 is 0 Å². The molecule has 1 N–H and O–H groups in total. The summed E-state index contributed by atoms with van der Waals surface area (Å²) < 4.78 is 0. The SMILES string of the molecule is CCN(CC)C(=O)CN(C)C(=O)c1ccccc1C(=O)O. The van der Waals surface area contributed by atoms with Crippen molar-refractivity contribution in [3.05, 3.63) is 35.4 Å². The van der Waals surface area contributed by atoms with Crippen molar-refractivity contribution < 1.29 is 19.5 Å². The highest BCUT2D eigenvalue weighted by Crippen LogP contribution is 2.11. The highest BCUT2D eigenvalue weighted by Gasteiger charge is 2.21. The van der Waals surface area contributed by atoms with Gasteiger partial charge in [-0.25, -0.2) is 4.79 Å². The molecule has 0 spiro atoms. The van der Waals surface area contributed by atoms with Crippen molar-refractivity contribution in [3.8, 4) is 0 Å². The predicted octanol–water partition coefficient (Wildman–Crippen LogP) is 1.33. The number of hydrogen-bond donors (Lipinski definition) is 1. The number of carboxylic acid groups (broad SMARTS) is 1. The van der Waals surface area contributed by atoms with Gasteiger partial charge in [-0.15, -0.1) is 0 Å². The number of amides is 2. The van der Waals surface area contributed by atoms with Gasteiger partial charge in [-0.1, -0.05) is 12.1 Å². The summed E-state index contributed by atoms with van der Waals surface area (Å²) in [5.41, 5.74) is 0.0180. The van der Waals surface area contributed by atoms with E-state index in [1.807, 2.05) is 13.8 Å². The van der Waals surface area contributed by atoms with Gasteiger partial charge in [0.25, 0.3) is 5.91 Å². The molecule has 0 heterocycles. The summed E-state index contributed by atoms with van der Waals surface area (Å²) in [6.07, 6.45) is 0. The number of carbonyl (C=O) groups excluding carboxylic acids is 2. The molecule has 0 radical (unpaired) electrons. The third-order valence-electron chi connectivity index (χ3n) is 3.22. The van der Waals surface area contributed by atoms with E-state index >= 15 is 0 Å². The van der Waals surface area contributed by atoms with Gasteiger partial charge in [0.05, 0.1) is 17.7 Å². The summed E-state index contributed by atoms with van der Waals surface area (Å²) in [5.74, 6) is -1.81. The van der Waals surface area contributed by atoms with Gasteiger partial charge in [-0.2, -0.15) is 0 Å². The van der Waals surface area contributed by atoms with Crippen molar-refractivity contribution in [2.45, 2.75) is 13.8 Å². The van der Waals surface area contributed by atoms with Gasteiger partial charge >= 0.3 is 5.97 Å². The zero-order valence-corrected chi connectivity index (χ0v) is 12.5. The van der Waals surface area contributed by atoms with Crippen molar-refractivity contribution in [2.75, 3.05) is 26.7 Å². The molecule has 1 rings (SSSR count). The lowest BCUT2D eigenvalue weighted by Gasteiger charge is -2.23. The van der Waals surface area contributed by atoms with Gasteiger partial charge < -0.3 is 14.9 Å². The predicted molar refractivity (Wildman–Crippen MR) is 78.3 cm³/mol. The Hall–Kier alpha value is -2.37. The maximum absolute atomic E-state index is 12.3. The zero-order chi connectivity index (χ0) is 16.0. The van der Waals surface area contributed by atoms with E-state index in [1.165, 1.54) is 24.1 Å². The Labute approximate surface area is 124 Å². The second kappa shape index (κ2) is 7.42. The summed E-state index contributed by atoms with van der Waals surface area (Å²) in [5, 5.41) is 9.10. The molecule has 0 fully saturated rings. The van der Waals surface area contributed by atoms with E-state index in [-0.39, 0.29) is 23.6 Å². The lowest BCUT2D eigenvalue weighted by Crippen LogP contribution is -2.41. The van der Waals surface area contributed by atoms with E-state index in [1.54, 1.807) is 17.0 Å². The number of carboxylic acids is 1. The Morgan fingerprint density at radius 3 is 2.05 bits per heavy atom. The molecule has 0 aromatic heterocycles. The number of aromatic carboxylic acids is 1. The van der Waals surface area contributed by atoms with E-state index in [2.05, 4.69) is 0 Å². The maximum Gasteiger partial charge on any atom is 0.336 e. The minimum atomic E-state index is -1.16. The smallest absolute Gasteiger partial charge is 0.336 e. The van der Waals surface area contributed by atoms with Gasteiger partial charge in [-0.3, -0.25) is 9.59 Å². The van der Waals surface area contributed by atoms with Crippen LogP contribution in [0.2, 0.25) is 0 Å². The molecule has 0 saturated heterocycles. The van der Waals surface area contributed by atoms with E-state index < -0.39 is 11.9 Å². The van der Waals surface area contributed by atoms with Gasteiger partial charge in [-0.05, 0) is 26.0 Å². The first-order chi connectivity index (χ1) is 9.92. The lowest BCUT2D eigenvalue weighted by molar-refractivity contribution is -0.131. The van der Waals surface area contributed by atoms with E-state index in [9.17, 15) is 14.4 Å². The van der Waals surface area contributed by atoms with Crippen LogP contribution in [-0.2, 0) is 4.79 Å². The monoisotopic (exact) mass is 292 g/mol. The maximum atomic E-state index is 12.3. The number of benzene rings is 1. The average molecular weight is 292 g/mol. The second-order valence-electron chi connectivity index (χ2n) is 4.58. The fourth-order valence-electron chi connectivity index (χ4n) is 2.01. The van der Waals surface area contributed by atoms with Crippen LogP contribution in [0.5, 0.6) is 0 Å². The van der Waals surface area contributed by atoms with E-state index in [4.69, 9.17) is 5.11 Å². The minimum absolute atomic E-state index is 0.0651. The summed E-state index contributed by atoms with van der Waals surface area (Å²) in [6, 6.07) is 5.97. The third kappa shape index (κ3) is 4.05. The largest absolute Gasteiger partial charge is 0.478 e. The van der Waals surface area contributed by atoms with Crippen LogP contribution in [-0.4, -0.2) is 59.4 Å². The van der Waals surface area contributed by atoms with E-state index in [0.717, 1.165) is 0 Å². The summed E-state index contributed by atoms with van der Waals surface area (Å²) in [4.78, 5) is 38.3. The van der Waals surface area contributed by atoms with Gasteiger partial charge in [0.15, 0.2) is 0 Å². The third-order valence-corrected chi connectivity index (χ3v) is 3.22. The number of rotatable bonds is 6. The highest BCUT2D eigenvalue weighted by atomic mass is 16.4. The molecule has 0 aliphatic carbocycles. The summed E-state index contributed by atoms with van der Waals surface area (Å²) in [6.45, 7) is 4.80. The molecule has 0 aliphatic rings. The molecular formula is C15H20N2O4. The van der Waals surface area contributed by atoms with Gasteiger partial charge in [0.2, 0.25) is 5.91 Å². The Balaban J connectivity index is 2.89. The van der Waals surface area contributed by atoms with Crippen molar-refractivity contribution in [1.82, 2.24) is 9.80 Å². The van der Waals surface area contributed by atoms with Crippen molar-refractivity contribution in [3.63, 3.8) is 0 Å². The first-order valence-corrected chi connectivity index (χ1v) is 6.77. The van der Waals surface area contributed by atoms with Crippen LogP contribution in [0.3, 0.4) is 0 Å². The molecule has 21 heavy (non-hydrogen) atoms. The lowest BCUT2D eigenvalue weighted by atomic mass is 10.1. The molecule has 0 unspecified atom stereocenters. The average Bonchev–Trinajstić information content (AvgIpc) is 2.47. The Morgan fingerprint density at radius 1 is 1.05 bits per heavy atom. The first kappa shape index (κ1) is 16.7. The fourth-order valence-corrected chi connectivity index (χ4v) is 2.01. The fraction of sp³-hybridized carbons (Fsp3) is 0.400. The molecule has 1 aromatic carbocycles. The molecule has 0 bridgehead atoms. The molecule has 6 nitrogen and oxygen atoms in total. The Bertz CT molecular complexity index is 538. The molecule has 2 amide bonds. The van der Waals surface area contributed by atoms with Crippen LogP contribution in [0.25, 0.3) is 0 Å². The first-order valence-electron chi connectivity index (χ1n) is 6.77. The van der Waals surface area contributed by atoms with Crippen LogP contribution >= 0.6 is 0 Å². The van der Waals surface area contributed by atoms with E-state index in [0.29, 0.717) is 13.1 Å². The molecule has 114 valence electrons. The molecular weight excluding hydrogens is 272 g/mol. The quantitative estimate of drug-likeness (QED) is 0.858. The standard InChI is InChI=1S/C15H20N2O4/c1-4-17(5-2)13(18)10-16(3)14(19)11-8-6-7-9-12(11)15(20)21/h6-9H,4-5,10H2,1-3H3,(H,20,21). The highest BCUT2D eigenvalue weighted by molar-refractivity contribution is 6.05. The molecule has 0 saturated carbocycles. The molecule has 6 heteroatoms. The van der Waals surface area contributed by atoms with Gasteiger partial charge in [0, 0.05) is 20.1 Å². The topological polar surface area (TPSA) is 77.9 Å². The normalized spacial score (nSPS) is 10.0. The molecule has 1 aromatic rings. The number of nitrogens with zero attached hydrogens (tertiary/aromatic N) is 2. The van der Waals surface area contributed by atoms with Crippen molar-refractivity contribution >= 4 is 17.8 Å². The van der Waals surface area contributed by atoms with Crippen molar-refractivity contribution in [2.24, 2.45) is 0 Å². The second-order valence-corrected chi connectivity index (χ2v) is 4.58. The number of hydrogen-bond acceptors (Lipinski definition) is 3. The Kier molecular flexibility index (Phi) is 5.90. The van der Waals surface area contributed by atoms with Crippen LogP contribution in [0.4, 0.5) is 0 Å². The van der Waals surface area contributed by atoms with Crippen LogP contribution in [0.15, 0.2) is 24.3 Å². The summed E-state index contributed by atoms with van der Waals surface area (Å²) >= 11 is 0. The minimum Gasteiger partial charge on any atom is -0.478 e.